The van der Waals surface area contributed by atoms with Gasteiger partial charge in [-0.2, -0.15) is 0 Å². The molecule has 0 aliphatic carbocycles. The molecular weight excluding hydrogens is 462 g/mol. The number of nitrogens with zero attached hydrogens (tertiary/aromatic N) is 3. The highest BCUT2D eigenvalue weighted by Crippen LogP contribution is 2.38. The molecule has 5 nitrogen and oxygen atoms in total. The van der Waals surface area contributed by atoms with E-state index in [0.717, 1.165) is 60.7 Å². The van der Waals surface area contributed by atoms with Gasteiger partial charge in [-0.3, -0.25) is 14.3 Å². The minimum atomic E-state index is -0.918. The van der Waals surface area contributed by atoms with E-state index in [9.17, 15) is 22.4 Å². The molecule has 2 aromatic heterocycles. The van der Waals surface area contributed by atoms with Crippen LogP contribution in [0, 0.1) is 23.3 Å². The minimum absolute atomic E-state index is 0.0200. The van der Waals surface area contributed by atoms with Crippen LogP contribution in [0.25, 0.3) is 28.3 Å². The van der Waals surface area contributed by atoms with Crippen molar-refractivity contribution in [1.29, 1.82) is 0 Å². The van der Waals surface area contributed by atoms with Crippen LogP contribution in [-0.4, -0.2) is 28.0 Å². The molecule has 0 saturated carbocycles. The molecule has 1 aliphatic rings. The van der Waals surface area contributed by atoms with Crippen LogP contribution in [0.4, 0.5) is 17.6 Å². The summed E-state index contributed by atoms with van der Waals surface area (Å²) >= 11 is 0. The molecule has 180 valence electrons. The van der Waals surface area contributed by atoms with Crippen molar-refractivity contribution in [2.24, 2.45) is 0 Å². The van der Waals surface area contributed by atoms with Crippen molar-refractivity contribution in [1.82, 2.24) is 14.5 Å². The normalized spacial score (nSPS) is 16.5. The van der Waals surface area contributed by atoms with E-state index in [1.807, 2.05) is 7.05 Å². The molecule has 0 N–H and O–H groups in total. The van der Waals surface area contributed by atoms with Gasteiger partial charge < -0.3 is 4.42 Å². The van der Waals surface area contributed by atoms with Gasteiger partial charge in [0, 0.05) is 23.9 Å². The van der Waals surface area contributed by atoms with E-state index in [1.54, 1.807) is 0 Å². The van der Waals surface area contributed by atoms with E-state index in [0.29, 0.717) is 5.89 Å². The number of para-hydroxylation sites is 1. The summed E-state index contributed by atoms with van der Waals surface area (Å²) < 4.78 is 64.2. The fraction of sp³-hybridized carbons (Fsp3) is 0.231. The maximum Gasteiger partial charge on any atom is 0.255 e. The zero-order chi connectivity index (χ0) is 24.7. The summed E-state index contributed by atoms with van der Waals surface area (Å²) in [5, 5.41) is 0. The highest BCUT2D eigenvalue weighted by atomic mass is 19.1. The molecule has 9 heteroatoms. The van der Waals surface area contributed by atoms with Crippen LogP contribution >= 0.6 is 0 Å². The summed E-state index contributed by atoms with van der Waals surface area (Å²) in [6.07, 6.45) is 4.01. The van der Waals surface area contributed by atoms with Gasteiger partial charge in [0.25, 0.3) is 5.56 Å². The lowest BCUT2D eigenvalue weighted by Crippen LogP contribution is -2.29. The second-order valence-electron chi connectivity index (χ2n) is 8.54. The number of aromatic nitrogens is 2. The molecule has 0 amide bonds. The predicted molar refractivity (Wildman–Crippen MR) is 122 cm³/mol. The molecule has 0 bridgehead atoms. The third kappa shape index (κ3) is 4.27. The van der Waals surface area contributed by atoms with Crippen molar-refractivity contribution in [3.05, 3.63) is 94.2 Å². The van der Waals surface area contributed by atoms with Crippen LogP contribution in [0.15, 0.2) is 63.9 Å². The minimum Gasteiger partial charge on any atom is -0.438 e. The van der Waals surface area contributed by atoms with Gasteiger partial charge in [0.2, 0.25) is 5.89 Å². The van der Waals surface area contributed by atoms with Crippen molar-refractivity contribution in [3.8, 4) is 28.3 Å². The number of rotatable bonds is 4. The summed E-state index contributed by atoms with van der Waals surface area (Å²) in [4.78, 5) is 19.2. The van der Waals surface area contributed by atoms with Crippen molar-refractivity contribution >= 4 is 0 Å². The fourth-order valence-corrected chi connectivity index (χ4v) is 4.44. The van der Waals surface area contributed by atoms with Crippen molar-refractivity contribution < 1.29 is 22.0 Å². The molecule has 5 rings (SSSR count). The first-order valence-electron chi connectivity index (χ1n) is 11.2. The Morgan fingerprint density at radius 1 is 0.971 bits per heavy atom. The number of oxazole rings is 1. The van der Waals surface area contributed by atoms with E-state index in [4.69, 9.17) is 4.42 Å². The summed E-state index contributed by atoms with van der Waals surface area (Å²) in [5.41, 5.74) is -0.768. The van der Waals surface area contributed by atoms with Crippen molar-refractivity contribution in [2.45, 2.75) is 25.3 Å². The molecule has 2 aromatic carbocycles. The molecular formula is C26H21F4N3O2. The van der Waals surface area contributed by atoms with Crippen LogP contribution in [-0.2, 0) is 0 Å². The SMILES string of the molecule is CN1CCCC[C@H]1c1nc(-c2ccc(=O)n(-c3c(F)cccc3F)c2)c(-c2ccc(F)cc2F)o1. The first-order valence-corrected chi connectivity index (χ1v) is 11.2. The Morgan fingerprint density at radius 2 is 1.74 bits per heavy atom. The van der Waals surface area contributed by atoms with Crippen molar-refractivity contribution in [2.75, 3.05) is 13.6 Å². The zero-order valence-corrected chi connectivity index (χ0v) is 18.8. The summed E-state index contributed by atoms with van der Waals surface area (Å²) in [6.45, 7) is 0.833. The molecule has 1 saturated heterocycles. The molecule has 1 aliphatic heterocycles. The molecule has 0 unspecified atom stereocenters. The van der Waals surface area contributed by atoms with Crippen LogP contribution in [0.3, 0.4) is 0 Å². The Hall–Kier alpha value is -3.72. The number of pyridine rings is 1. The molecule has 35 heavy (non-hydrogen) atoms. The van der Waals surface area contributed by atoms with Crippen LogP contribution in [0.1, 0.15) is 31.2 Å². The van der Waals surface area contributed by atoms with E-state index >= 15 is 0 Å². The van der Waals surface area contributed by atoms with Crippen molar-refractivity contribution in [3.63, 3.8) is 0 Å². The predicted octanol–water partition coefficient (Wildman–Crippen LogP) is 5.87. The smallest absolute Gasteiger partial charge is 0.255 e. The summed E-state index contributed by atoms with van der Waals surface area (Å²) in [5.74, 6) is -3.05. The number of piperidine rings is 1. The quantitative estimate of drug-likeness (QED) is 0.341. The van der Waals surface area contributed by atoms with Gasteiger partial charge in [-0.1, -0.05) is 12.5 Å². The number of hydrogen-bond donors (Lipinski definition) is 0. The third-order valence-corrected chi connectivity index (χ3v) is 6.24. The van der Waals surface area contributed by atoms with Crippen LogP contribution < -0.4 is 5.56 Å². The third-order valence-electron chi connectivity index (χ3n) is 6.24. The van der Waals surface area contributed by atoms with Gasteiger partial charge in [-0.25, -0.2) is 22.5 Å². The lowest BCUT2D eigenvalue weighted by molar-refractivity contribution is 0.160. The lowest BCUT2D eigenvalue weighted by Gasteiger charge is -2.29. The summed E-state index contributed by atoms with van der Waals surface area (Å²) in [6, 6.07) is 8.79. The Balaban J connectivity index is 1.71. The maximum atomic E-state index is 14.8. The molecule has 0 spiro atoms. The number of halogens is 4. The van der Waals surface area contributed by atoms with E-state index < -0.39 is 34.5 Å². The largest absolute Gasteiger partial charge is 0.438 e. The number of likely N-dealkylation sites (tertiary alicyclic amines) is 1. The van der Waals surface area contributed by atoms with Gasteiger partial charge >= 0.3 is 0 Å². The van der Waals surface area contributed by atoms with E-state index in [1.165, 1.54) is 24.4 Å². The Bertz CT molecular complexity index is 1440. The van der Waals surface area contributed by atoms with Crippen LogP contribution in [0.5, 0.6) is 0 Å². The second kappa shape index (κ2) is 9.14. The van der Waals surface area contributed by atoms with E-state index in [2.05, 4.69) is 9.88 Å². The number of hydrogen-bond acceptors (Lipinski definition) is 4. The first-order chi connectivity index (χ1) is 16.8. The highest BCUT2D eigenvalue weighted by Gasteiger charge is 2.29. The topological polar surface area (TPSA) is 51.3 Å². The molecule has 1 atom stereocenters. The Labute approximate surface area is 198 Å². The zero-order valence-electron chi connectivity index (χ0n) is 18.8. The van der Waals surface area contributed by atoms with Gasteiger partial charge in [-0.05, 0) is 56.8 Å². The lowest BCUT2D eigenvalue weighted by atomic mass is 10.0. The number of benzene rings is 2. The first kappa shape index (κ1) is 23.0. The standard InChI is InChI=1S/C26H21F4N3O2/c1-32-12-3-2-7-21(32)26-31-23(25(35-26)17-10-9-16(27)13-20(17)30)15-8-11-22(34)33(14-15)24-18(28)5-4-6-19(24)29/h4-6,8-11,13-14,21H,2-3,7,12H2,1H3/t21-/m0/s1. The maximum absolute atomic E-state index is 14.8. The van der Waals surface area contributed by atoms with Gasteiger partial charge in [-0.15, -0.1) is 0 Å². The van der Waals surface area contributed by atoms with Gasteiger partial charge in [0.15, 0.2) is 5.76 Å². The molecule has 4 aromatic rings. The van der Waals surface area contributed by atoms with Gasteiger partial charge in [0.1, 0.15) is 34.7 Å². The second-order valence-corrected chi connectivity index (χ2v) is 8.54. The summed E-state index contributed by atoms with van der Waals surface area (Å²) in [7, 11) is 1.94. The van der Waals surface area contributed by atoms with E-state index in [-0.39, 0.29) is 28.6 Å². The Morgan fingerprint density at radius 3 is 2.46 bits per heavy atom. The Kier molecular flexibility index (Phi) is 6.02. The van der Waals surface area contributed by atoms with Crippen LogP contribution in [0.2, 0.25) is 0 Å². The monoisotopic (exact) mass is 483 g/mol. The van der Waals surface area contributed by atoms with Gasteiger partial charge in [0.05, 0.1) is 11.6 Å². The molecule has 3 heterocycles. The average Bonchev–Trinajstić information content (AvgIpc) is 3.25. The molecule has 0 radical (unpaired) electrons. The highest BCUT2D eigenvalue weighted by molar-refractivity contribution is 5.77. The fourth-order valence-electron chi connectivity index (χ4n) is 4.44. The average molecular weight is 483 g/mol. The molecule has 1 fully saturated rings.